The van der Waals surface area contributed by atoms with Crippen LogP contribution in [0.3, 0.4) is 0 Å². The van der Waals surface area contributed by atoms with E-state index in [0.717, 1.165) is 24.9 Å². The molecule has 4 heteroatoms. The first-order chi connectivity index (χ1) is 10.6. The maximum atomic E-state index is 11.6. The lowest BCUT2D eigenvalue weighted by Gasteiger charge is -2.38. The number of urea groups is 1. The van der Waals surface area contributed by atoms with Gasteiger partial charge in [-0.25, -0.2) is 4.79 Å². The minimum atomic E-state index is -0.0218. The highest BCUT2D eigenvalue weighted by Gasteiger charge is 2.26. The van der Waals surface area contributed by atoms with E-state index in [1.807, 2.05) is 13.8 Å². The van der Waals surface area contributed by atoms with Gasteiger partial charge in [0, 0.05) is 25.2 Å². The molecule has 1 aliphatic carbocycles. The summed E-state index contributed by atoms with van der Waals surface area (Å²) in [6, 6.07) is 1.02. The number of rotatable bonds is 5. The van der Waals surface area contributed by atoms with Crippen LogP contribution >= 0.6 is 0 Å². The smallest absolute Gasteiger partial charge is 0.314 e. The van der Waals surface area contributed by atoms with E-state index in [4.69, 9.17) is 0 Å². The first-order valence-corrected chi connectivity index (χ1v) is 9.43. The normalized spacial score (nSPS) is 25.0. The van der Waals surface area contributed by atoms with Crippen LogP contribution in [0, 0.1) is 5.92 Å². The number of carbonyl (C=O) groups excluding carboxylic acids is 1. The standard InChI is InChI=1S/C18H35N3O/c1-15(2)20-18(22)19-12-11-16-8-7-13-21(14-16)17-9-5-3-4-6-10-17/h15-17H,3-14H2,1-2H3,(H2,19,20,22)/t16-/m0/s1. The average molecular weight is 309 g/mol. The van der Waals surface area contributed by atoms with Crippen LogP contribution in [-0.2, 0) is 0 Å². The summed E-state index contributed by atoms with van der Waals surface area (Å²) in [5.74, 6) is 0.761. The summed E-state index contributed by atoms with van der Waals surface area (Å²) >= 11 is 0. The van der Waals surface area contributed by atoms with Crippen molar-refractivity contribution in [1.82, 2.24) is 15.5 Å². The van der Waals surface area contributed by atoms with E-state index in [2.05, 4.69) is 15.5 Å². The van der Waals surface area contributed by atoms with Crippen LogP contribution in [0.4, 0.5) is 4.79 Å². The maximum Gasteiger partial charge on any atom is 0.314 e. The zero-order chi connectivity index (χ0) is 15.8. The number of nitrogens with one attached hydrogen (secondary N) is 2. The van der Waals surface area contributed by atoms with Crippen molar-refractivity contribution in [1.29, 1.82) is 0 Å². The van der Waals surface area contributed by atoms with Crippen LogP contribution in [0.15, 0.2) is 0 Å². The van der Waals surface area contributed by atoms with Crippen LogP contribution in [0.2, 0.25) is 0 Å². The summed E-state index contributed by atoms with van der Waals surface area (Å²) in [5, 5.41) is 5.88. The Hall–Kier alpha value is -0.770. The molecule has 1 saturated carbocycles. The molecule has 1 heterocycles. The second-order valence-electron chi connectivity index (χ2n) is 7.49. The molecule has 0 spiro atoms. The monoisotopic (exact) mass is 309 g/mol. The maximum absolute atomic E-state index is 11.6. The molecule has 2 amide bonds. The molecule has 0 aromatic rings. The number of nitrogens with zero attached hydrogens (tertiary/aromatic N) is 1. The molecule has 1 atom stereocenters. The van der Waals surface area contributed by atoms with Gasteiger partial charge in [-0.3, -0.25) is 0 Å². The Labute approximate surface area is 136 Å². The molecule has 22 heavy (non-hydrogen) atoms. The van der Waals surface area contributed by atoms with Crippen LogP contribution in [0.25, 0.3) is 0 Å². The lowest BCUT2D eigenvalue weighted by Crippen LogP contribution is -2.44. The summed E-state index contributed by atoms with van der Waals surface area (Å²) in [6.07, 6.45) is 12.3. The van der Waals surface area contributed by atoms with Crippen molar-refractivity contribution < 1.29 is 4.79 Å². The SMILES string of the molecule is CC(C)NC(=O)NCC[C@@H]1CCCN(C2CCCCCC2)C1. The van der Waals surface area contributed by atoms with E-state index < -0.39 is 0 Å². The van der Waals surface area contributed by atoms with Gasteiger partial charge in [-0.2, -0.15) is 0 Å². The fourth-order valence-corrected chi connectivity index (χ4v) is 3.99. The van der Waals surface area contributed by atoms with Crippen molar-refractivity contribution in [3.05, 3.63) is 0 Å². The van der Waals surface area contributed by atoms with E-state index in [1.165, 1.54) is 64.5 Å². The Kier molecular flexibility index (Phi) is 7.50. The Morgan fingerprint density at radius 1 is 1.09 bits per heavy atom. The molecule has 4 nitrogen and oxygen atoms in total. The summed E-state index contributed by atoms with van der Waals surface area (Å²) in [5.41, 5.74) is 0. The highest BCUT2D eigenvalue weighted by molar-refractivity contribution is 5.73. The largest absolute Gasteiger partial charge is 0.338 e. The molecule has 0 unspecified atom stereocenters. The molecule has 2 fully saturated rings. The van der Waals surface area contributed by atoms with Gasteiger partial charge >= 0.3 is 6.03 Å². The molecule has 0 aromatic carbocycles. The van der Waals surface area contributed by atoms with Crippen LogP contribution in [-0.4, -0.2) is 42.6 Å². The molecule has 0 radical (unpaired) electrons. The van der Waals surface area contributed by atoms with E-state index in [-0.39, 0.29) is 12.1 Å². The highest BCUT2D eigenvalue weighted by atomic mass is 16.2. The van der Waals surface area contributed by atoms with Crippen molar-refractivity contribution in [2.45, 2.75) is 83.7 Å². The minimum absolute atomic E-state index is 0.0218. The van der Waals surface area contributed by atoms with Crippen LogP contribution < -0.4 is 10.6 Å². The number of hydrogen-bond acceptors (Lipinski definition) is 2. The van der Waals surface area contributed by atoms with Crippen molar-refractivity contribution in [2.75, 3.05) is 19.6 Å². The van der Waals surface area contributed by atoms with Crippen molar-refractivity contribution in [3.63, 3.8) is 0 Å². The minimum Gasteiger partial charge on any atom is -0.338 e. The lowest BCUT2D eigenvalue weighted by atomic mass is 9.92. The quantitative estimate of drug-likeness (QED) is 0.763. The fourth-order valence-electron chi connectivity index (χ4n) is 3.99. The first-order valence-electron chi connectivity index (χ1n) is 9.43. The Morgan fingerprint density at radius 3 is 2.50 bits per heavy atom. The van der Waals surface area contributed by atoms with E-state index >= 15 is 0 Å². The first kappa shape index (κ1) is 17.6. The van der Waals surface area contributed by atoms with Gasteiger partial charge in [-0.05, 0) is 58.4 Å². The van der Waals surface area contributed by atoms with Crippen molar-refractivity contribution in [2.24, 2.45) is 5.92 Å². The predicted molar refractivity (Wildman–Crippen MR) is 92.1 cm³/mol. The van der Waals surface area contributed by atoms with Crippen molar-refractivity contribution in [3.8, 4) is 0 Å². The summed E-state index contributed by atoms with van der Waals surface area (Å²) < 4.78 is 0. The molecule has 0 bridgehead atoms. The zero-order valence-electron chi connectivity index (χ0n) is 14.6. The number of piperidine rings is 1. The van der Waals surface area contributed by atoms with Gasteiger partial charge in [0.05, 0.1) is 0 Å². The molecule has 1 saturated heterocycles. The van der Waals surface area contributed by atoms with Crippen LogP contribution in [0.5, 0.6) is 0 Å². The van der Waals surface area contributed by atoms with Gasteiger partial charge in [-0.15, -0.1) is 0 Å². The summed E-state index contributed by atoms with van der Waals surface area (Å²) in [7, 11) is 0. The molecular formula is C18H35N3O. The van der Waals surface area contributed by atoms with Gasteiger partial charge < -0.3 is 15.5 Å². The number of hydrogen-bond donors (Lipinski definition) is 2. The molecule has 128 valence electrons. The lowest BCUT2D eigenvalue weighted by molar-refractivity contribution is 0.109. The Balaban J connectivity index is 1.68. The third-order valence-corrected chi connectivity index (χ3v) is 5.15. The Bertz CT molecular complexity index is 324. The average Bonchev–Trinajstić information content (AvgIpc) is 2.76. The van der Waals surface area contributed by atoms with Gasteiger partial charge in [0.25, 0.3) is 0 Å². The van der Waals surface area contributed by atoms with E-state index in [0.29, 0.717) is 0 Å². The van der Waals surface area contributed by atoms with Crippen LogP contribution in [0.1, 0.15) is 71.6 Å². The molecule has 2 N–H and O–H groups in total. The van der Waals surface area contributed by atoms with Gasteiger partial charge in [0.1, 0.15) is 0 Å². The van der Waals surface area contributed by atoms with Crippen molar-refractivity contribution >= 4 is 6.03 Å². The zero-order valence-corrected chi connectivity index (χ0v) is 14.6. The highest BCUT2D eigenvalue weighted by Crippen LogP contribution is 2.27. The predicted octanol–water partition coefficient (Wildman–Crippen LogP) is 3.52. The molecule has 2 rings (SSSR count). The van der Waals surface area contributed by atoms with Gasteiger partial charge in [0.15, 0.2) is 0 Å². The van der Waals surface area contributed by atoms with E-state index in [9.17, 15) is 4.79 Å². The second-order valence-corrected chi connectivity index (χ2v) is 7.49. The number of carbonyl (C=O) groups is 1. The summed E-state index contributed by atoms with van der Waals surface area (Å²) in [6.45, 7) is 7.33. The number of amides is 2. The van der Waals surface area contributed by atoms with E-state index in [1.54, 1.807) is 0 Å². The fraction of sp³-hybridized carbons (Fsp3) is 0.944. The Morgan fingerprint density at radius 2 is 1.82 bits per heavy atom. The molecule has 2 aliphatic rings. The topological polar surface area (TPSA) is 44.4 Å². The summed E-state index contributed by atoms with van der Waals surface area (Å²) in [4.78, 5) is 14.4. The van der Waals surface area contributed by atoms with Gasteiger partial charge in [0.2, 0.25) is 0 Å². The number of likely N-dealkylation sites (tertiary alicyclic amines) is 1. The molecular weight excluding hydrogens is 274 g/mol. The molecule has 0 aromatic heterocycles. The third kappa shape index (κ3) is 6.15. The second kappa shape index (κ2) is 9.39. The van der Waals surface area contributed by atoms with Gasteiger partial charge in [-0.1, -0.05) is 25.7 Å². The third-order valence-electron chi connectivity index (χ3n) is 5.15. The molecule has 1 aliphatic heterocycles.